The Balaban J connectivity index is 2.49. The topological polar surface area (TPSA) is 41.8 Å². The van der Waals surface area contributed by atoms with Crippen molar-refractivity contribution >= 4 is 5.71 Å². The normalized spacial score (nSPS) is 17.5. The standard InChI is InChI=1S/C10H11NO2/c1-13-8-4-2-7-3-5-10(11-12)9(7)6-8/h2,4,6,12H,3,5H2,1H3. The molecule has 2 rings (SSSR count). The third kappa shape index (κ3) is 1.26. The molecular formula is C10H11NO2. The number of ether oxygens (including phenoxy) is 1. The largest absolute Gasteiger partial charge is 0.497 e. The molecule has 0 aromatic heterocycles. The zero-order chi connectivity index (χ0) is 9.26. The van der Waals surface area contributed by atoms with Gasteiger partial charge in [0.05, 0.1) is 12.8 Å². The maximum Gasteiger partial charge on any atom is 0.119 e. The number of rotatable bonds is 1. The Morgan fingerprint density at radius 2 is 2.23 bits per heavy atom. The van der Waals surface area contributed by atoms with Crippen molar-refractivity contribution < 1.29 is 9.94 Å². The maximum absolute atomic E-state index is 8.72. The minimum Gasteiger partial charge on any atom is -0.497 e. The summed E-state index contributed by atoms with van der Waals surface area (Å²) in [6, 6.07) is 5.86. The van der Waals surface area contributed by atoms with Crippen LogP contribution >= 0.6 is 0 Å². The SMILES string of the molecule is COc1ccc2c(c1)C(=NO)CC2. The number of aryl methyl sites for hydroxylation is 1. The molecule has 0 unspecified atom stereocenters. The minimum atomic E-state index is 0.758. The average molecular weight is 177 g/mol. The van der Waals surface area contributed by atoms with Gasteiger partial charge in [0.2, 0.25) is 0 Å². The molecule has 1 aliphatic carbocycles. The number of hydrogen-bond acceptors (Lipinski definition) is 3. The fourth-order valence-electron chi connectivity index (χ4n) is 1.66. The Bertz CT molecular complexity index is 358. The third-order valence-corrected chi connectivity index (χ3v) is 2.38. The molecule has 0 fully saturated rings. The van der Waals surface area contributed by atoms with Gasteiger partial charge in [0.1, 0.15) is 5.75 Å². The Kier molecular flexibility index (Phi) is 1.93. The molecule has 13 heavy (non-hydrogen) atoms. The van der Waals surface area contributed by atoms with Gasteiger partial charge in [0, 0.05) is 5.56 Å². The summed E-state index contributed by atoms with van der Waals surface area (Å²) in [5.74, 6) is 0.807. The van der Waals surface area contributed by atoms with E-state index in [-0.39, 0.29) is 0 Å². The first kappa shape index (κ1) is 8.10. The first-order chi connectivity index (χ1) is 6.35. The van der Waals surface area contributed by atoms with E-state index in [2.05, 4.69) is 5.16 Å². The Morgan fingerprint density at radius 3 is 2.92 bits per heavy atom. The van der Waals surface area contributed by atoms with Crippen LogP contribution in [0.3, 0.4) is 0 Å². The van der Waals surface area contributed by atoms with E-state index in [4.69, 9.17) is 9.94 Å². The number of nitrogens with zero attached hydrogens (tertiary/aromatic N) is 1. The highest BCUT2D eigenvalue weighted by atomic mass is 16.5. The summed E-state index contributed by atoms with van der Waals surface area (Å²) < 4.78 is 5.10. The van der Waals surface area contributed by atoms with Gasteiger partial charge in [0.15, 0.2) is 0 Å². The Labute approximate surface area is 76.6 Å². The highest BCUT2D eigenvalue weighted by Gasteiger charge is 2.18. The second-order valence-corrected chi connectivity index (χ2v) is 3.07. The molecule has 0 saturated heterocycles. The van der Waals surface area contributed by atoms with E-state index in [1.165, 1.54) is 5.56 Å². The van der Waals surface area contributed by atoms with Crippen molar-refractivity contribution in [1.29, 1.82) is 0 Å². The van der Waals surface area contributed by atoms with Crippen LogP contribution in [0.15, 0.2) is 23.4 Å². The summed E-state index contributed by atoms with van der Waals surface area (Å²) in [5.41, 5.74) is 3.00. The van der Waals surface area contributed by atoms with Crippen LogP contribution in [0, 0.1) is 0 Å². The third-order valence-electron chi connectivity index (χ3n) is 2.38. The van der Waals surface area contributed by atoms with Crippen molar-refractivity contribution in [1.82, 2.24) is 0 Å². The summed E-state index contributed by atoms with van der Waals surface area (Å²) in [7, 11) is 1.63. The minimum absolute atomic E-state index is 0.758. The smallest absolute Gasteiger partial charge is 0.119 e. The Morgan fingerprint density at radius 1 is 1.38 bits per heavy atom. The molecule has 0 bridgehead atoms. The molecular weight excluding hydrogens is 166 g/mol. The van der Waals surface area contributed by atoms with Crippen LogP contribution in [-0.2, 0) is 6.42 Å². The van der Waals surface area contributed by atoms with E-state index < -0.39 is 0 Å². The lowest BCUT2D eigenvalue weighted by Gasteiger charge is -2.02. The molecule has 0 aliphatic heterocycles. The molecule has 0 atom stereocenters. The van der Waals surface area contributed by atoms with E-state index in [1.807, 2.05) is 18.2 Å². The van der Waals surface area contributed by atoms with Crippen molar-refractivity contribution in [3.63, 3.8) is 0 Å². The fourth-order valence-corrected chi connectivity index (χ4v) is 1.66. The van der Waals surface area contributed by atoms with Crippen molar-refractivity contribution in [3.8, 4) is 5.75 Å². The number of hydrogen-bond donors (Lipinski definition) is 1. The van der Waals surface area contributed by atoms with Gasteiger partial charge in [0.25, 0.3) is 0 Å². The van der Waals surface area contributed by atoms with Gasteiger partial charge in [-0.2, -0.15) is 0 Å². The second-order valence-electron chi connectivity index (χ2n) is 3.07. The fraction of sp³-hybridized carbons (Fsp3) is 0.300. The molecule has 1 aliphatic rings. The Hall–Kier alpha value is -1.51. The van der Waals surface area contributed by atoms with Gasteiger partial charge in [-0.05, 0) is 30.5 Å². The predicted molar refractivity (Wildman–Crippen MR) is 49.6 cm³/mol. The first-order valence-electron chi connectivity index (χ1n) is 4.23. The summed E-state index contributed by atoms with van der Waals surface area (Å²) in [4.78, 5) is 0. The van der Waals surface area contributed by atoms with Crippen LogP contribution in [0.5, 0.6) is 5.75 Å². The molecule has 1 aromatic rings. The van der Waals surface area contributed by atoms with Crippen LogP contribution in [0.2, 0.25) is 0 Å². The van der Waals surface area contributed by atoms with E-state index >= 15 is 0 Å². The molecule has 0 heterocycles. The van der Waals surface area contributed by atoms with Gasteiger partial charge in [-0.15, -0.1) is 0 Å². The summed E-state index contributed by atoms with van der Waals surface area (Å²) >= 11 is 0. The van der Waals surface area contributed by atoms with Gasteiger partial charge < -0.3 is 9.94 Å². The lowest BCUT2D eigenvalue weighted by atomic mass is 10.1. The van der Waals surface area contributed by atoms with Crippen molar-refractivity contribution in [2.75, 3.05) is 7.11 Å². The van der Waals surface area contributed by atoms with Crippen LogP contribution < -0.4 is 4.74 Å². The maximum atomic E-state index is 8.72. The van der Waals surface area contributed by atoms with E-state index in [0.717, 1.165) is 29.9 Å². The molecule has 3 nitrogen and oxygen atoms in total. The van der Waals surface area contributed by atoms with E-state index in [9.17, 15) is 0 Å². The number of methoxy groups -OCH3 is 1. The van der Waals surface area contributed by atoms with Gasteiger partial charge in [-0.25, -0.2) is 0 Å². The lowest BCUT2D eigenvalue weighted by Crippen LogP contribution is -1.94. The summed E-state index contributed by atoms with van der Waals surface area (Å²) in [5, 5.41) is 12.0. The van der Waals surface area contributed by atoms with Gasteiger partial charge in [-0.3, -0.25) is 0 Å². The van der Waals surface area contributed by atoms with Gasteiger partial charge >= 0.3 is 0 Å². The molecule has 1 aromatic carbocycles. The van der Waals surface area contributed by atoms with E-state index in [1.54, 1.807) is 7.11 Å². The quantitative estimate of drug-likeness (QED) is 0.525. The molecule has 68 valence electrons. The number of oxime groups is 1. The molecule has 1 N–H and O–H groups in total. The highest BCUT2D eigenvalue weighted by molar-refractivity contribution is 6.04. The molecule has 0 amide bonds. The molecule has 0 saturated carbocycles. The zero-order valence-corrected chi connectivity index (χ0v) is 7.45. The number of fused-ring (bicyclic) bond motifs is 1. The predicted octanol–water partition coefficient (Wildman–Crippen LogP) is 1.82. The van der Waals surface area contributed by atoms with Crippen LogP contribution in [0.1, 0.15) is 17.5 Å². The molecule has 0 radical (unpaired) electrons. The average Bonchev–Trinajstić information content (AvgIpc) is 2.59. The van der Waals surface area contributed by atoms with Crippen molar-refractivity contribution in [2.45, 2.75) is 12.8 Å². The van der Waals surface area contributed by atoms with Crippen LogP contribution in [-0.4, -0.2) is 18.0 Å². The second kappa shape index (κ2) is 3.09. The molecule has 0 spiro atoms. The van der Waals surface area contributed by atoms with Crippen LogP contribution in [0.25, 0.3) is 0 Å². The monoisotopic (exact) mass is 177 g/mol. The molecule has 3 heteroatoms. The van der Waals surface area contributed by atoms with Crippen molar-refractivity contribution in [3.05, 3.63) is 29.3 Å². The zero-order valence-electron chi connectivity index (χ0n) is 7.45. The van der Waals surface area contributed by atoms with Crippen molar-refractivity contribution in [2.24, 2.45) is 5.16 Å². The first-order valence-corrected chi connectivity index (χ1v) is 4.23. The highest BCUT2D eigenvalue weighted by Crippen LogP contribution is 2.26. The number of benzene rings is 1. The summed E-state index contributed by atoms with van der Waals surface area (Å²) in [6.45, 7) is 0. The van der Waals surface area contributed by atoms with Crippen LogP contribution in [0.4, 0.5) is 0 Å². The summed E-state index contributed by atoms with van der Waals surface area (Å²) in [6.07, 6.45) is 1.78. The van der Waals surface area contributed by atoms with Gasteiger partial charge in [-0.1, -0.05) is 11.2 Å². The van der Waals surface area contributed by atoms with E-state index in [0.29, 0.717) is 0 Å². The lowest BCUT2D eigenvalue weighted by molar-refractivity contribution is 0.318.